The van der Waals surface area contributed by atoms with Crippen LogP contribution in [0, 0.1) is 28.6 Å². The Morgan fingerprint density at radius 1 is 1.10 bits per heavy atom. The highest BCUT2D eigenvalue weighted by Gasteiger charge is 2.68. The number of rotatable bonds is 8. The predicted molar refractivity (Wildman–Crippen MR) is 147 cm³/mol. The Morgan fingerprint density at radius 2 is 1.85 bits per heavy atom. The van der Waals surface area contributed by atoms with E-state index in [2.05, 4.69) is 19.2 Å². The fourth-order valence-electron chi connectivity index (χ4n) is 8.65. The van der Waals surface area contributed by atoms with E-state index in [-0.39, 0.29) is 29.0 Å². The molecule has 7 nitrogen and oxygen atoms in total. The molecule has 0 bridgehead atoms. The van der Waals surface area contributed by atoms with Crippen molar-refractivity contribution in [3.63, 3.8) is 0 Å². The maximum Gasteiger partial charge on any atom is 0.338 e. The van der Waals surface area contributed by atoms with Crippen LogP contribution in [0.25, 0.3) is 0 Å². The molecule has 0 unspecified atom stereocenters. The normalized spacial score (nSPS) is 37.4. The average Bonchev–Trinajstić information content (AvgIpc) is 3.18. The summed E-state index contributed by atoms with van der Waals surface area (Å²) in [6.07, 6.45) is 6.41. The minimum absolute atomic E-state index is 0.0131. The summed E-state index contributed by atoms with van der Waals surface area (Å²) < 4.78 is 5.39. The second-order valence-corrected chi connectivity index (χ2v) is 12.8. The van der Waals surface area contributed by atoms with Crippen molar-refractivity contribution in [1.29, 1.82) is 0 Å². The molecule has 212 valence electrons. The van der Waals surface area contributed by atoms with E-state index in [1.165, 1.54) is 0 Å². The lowest BCUT2D eigenvalue weighted by atomic mass is 9.45. The summed E-state index contributed by atoms with van der Waals surface area (Å²) in [6.45, 7) is 7.38. The third kappa shape index (κ3) is 4.70. The molecule has 5 rings (SSSR count). The molecule has 7 heteroatoms. The van der Waals surface area contributed by atoms with E-state index in [0.29, 0.717) is 31.2 Å². The molecule has 0 amide bonds. The number of esters is 1. The number of carbonyl (C=O) groups is 3. The minimum atomic E-state index is -1.65. The van der Waals surface area contributed by atoms with Crippen LogP contribution in [-0.2, 0) is 20.9 Å². The fourth-order valence-corrected chi connectivity index (χ4v) is 8.65. The van der Waals surface area contributed by atoms with Gasteiger partial charge in [-0.15, -0.1) is 0 Å². The molecule has 4 aliphatic carbocycles. The Bertz CT molecular complexity index is 1160. The summed E-state index contributed by atoms with van der Waals surface area (Å²) in [5, 5.41) is 26.7. The maximum atomic E-state index is 13.5. The lowest BCUT2D eigenvalue weighted by Crippen LogP contribution is -2.62. The Hall–Kier alpha value is -2.35. The Morgan fingerprint density at radius 3 is 2.56 bits per heavy atom. The molecule has 7 atom stereocenters. The zero-order valence-electron chi connectivity index (χ0n) is 23.5. The molecule has 1 aromatic carbocycles. The quantitative estimate of drug-likeness (QED) is 0.337. The van der Waals surface area contributed by atoms with Gasteiger partial charge in [0.05, 0.1) is 11.7 Å². The topological polar surface area (TPSA) is 113 Å². The van der Waals surface area contributed by atoms with Gasteiger partial charge in [-0.25, -0.2) is 4.79 Å². The number of fused-ring (bicyclic) bond motifs is 5. The van der Waals surface area contributed by atoms with Crippen LogP contribution in [-0.4, -0.2) is 52.6 Å². The molecule has 0 saturated heterocycles. The van der Waals surface area contributed by atoms with Crippen molar-refractivity contribution in [1.82, 2.24) is 5.32 Å². The van der Waals surface area contributed by atoms with Crippen LogP contribution >= 0.6 is 0 Å². The van der Waals surface area contributed by atoms with E-state index in [1.54, 1.807) is 18.2 Å². The second-order valence-electron chi connectivity index (χ2n) is 12.8. The van der Waals surface area contributed by atoms with Crippen molar-refractivity contribution in [2.24, 2.45) is 28.6 Å². The molecule has 39 heavy (non-hydrogen) atoms. The monoisotopic (exact) mass is 537 g/mol. The number of ether oxygens (including phenoxy) is 1. The molecule has 0 radical (unpaired) electrons. The van der Waals surface area contributed by atoms with Crippen LogP contribution in [0.2, 0.25) is 0 Å². The van der Waals surface area contributed by atoms with Gasteiger partial charge in [-0.1, -0.05) is 38.5 Å². The van der Waals surface area contributed by atoms with Crippen molar-refractivity contribution in [3.05, 3.63) is 47.0 Å². The molecular weight excluding hydrogens is 494 g/mol. The van der Waals surface area contributed by atoms with E-state index in [4.69, 9.17) is 4.74 Å². The largest absolute Gasteiger partial charge is 0.454 e. The van der Waals surface area contributed by atoms with Crippen LogP contribution in [0.1, 0.15) is 88.1 Å². The third-order valence-corrected chi connectivity index (χ3v) is 10.8. The number of Topliss-reactive ketones (excluding diaryl/α,β-unsaturated/α-hetero) is 1. The molecule has 3 saturated carbocycles. The average molecular weight is 538 g/mol. The van der Waals surface area contributed by atoms with Crippen LogP contribution < -0.4 is 5.32 Å². The van der Waals surface area contributed by atoms with Crippen LogP contribution in [0.15, 0.2) is 35.9 Å². The van der Waals surface area contributed by atoms with Gasteiger partial charge in [-0.2, -0.15) is 0 Å². The van der Waals surface area contributed by atoms with Gasteiger partial charge in [0.15, 0.2) is 12.4 Å². The van der Waals surface area contributed by atoms with Crippen LogP contribution in [0.5, 0.6) is 0 Å². The summed E-state index contributed by atoms with van der Waals surface area (Å²) in [6, 6.07) is 7.12. The summed E-state index contributed by atoms with van der Waals surface area (Å²) in [4.78, 5) is 38.3. The Balaban J connectivity index is 1.27. The zero-order chi connectivity index (χ0) is 28.0. The fraction of sp³-hybridized carbons (Fsp3) is 0.656. The highest BCUT2D eigenvalue weighted by molar-refractivity contribution is 5.94. The van der Waals surface area contributed by atoms with Gasteiger partial charge in [0, 0.05) is 18.4 Å². The first-order valence-electron chi connectivity index (χ1n) is 14.7. The van der Waals surface area contributed by atoms with Gasteiger partial charge < -0.3 is 20.3 Å². The van der Waals surface area contributed by atoms with Gasteiger partial charge in [0.1, 0.15) is 5.60 Å². The summed E-state index contributed by atoms with van der Waals surface area (Å²) in [7, 11) is 0. The number of aliphatic hydroxyl groups is 2. The lowest BCUT2D eigenvalue weighted by molar-refractivity contribution is -0.182. The van der Waals surface area contributed by atoms with Gasteiger partial charge in [-0.3, -0.25) is 9.59 Å². The first-order chi connectivity index (χ1) is 18.5. The molecule has 0 spiro atoms. The van der Waals surface area contributed by atoms with Gasteiger partial charge in [0.25, 0.3) is 0 Å². The number of hydrogen-bond acceptors (Lipinski definition) is 7. The number of carbonyl (C=O) groups excluding carboxylic acids is 3. The van der Waals surface area contributed by atoms with Crippen molar-refractivity contribution in [2.75, 3.05) is 13.2 Å². The second kappa shape index (κ2) is 10.6. The lowest BCUT2D eigenvalue weighted by Gasteiger charge is -2.60. The van der Waals surface area contributed by atoms with Crippen LogP contribution in [0.3, 0.4) is 0 Å². The maximum absolute atomic E-state index is 13.5. The molecule has 3 fully saturated rings. The molecule has 0 aliphatic heterocycles. The number of benzene rings is 1. The number of nitrogens with one attached hydrogen (secondary N) is 1. The number of allylic oxidation sites excluding steroid dienone is 1. The number of hydrogen-bond donors (Lipinski definition) is 3. The summed E-state index contributed by atoms with van der Waals surface area (Å²) in [5.74, 6) is -0.637. The minimum Gasteiger partial charge on any atom is -0.454 e. The van der Waals surface area contributed by atoms with Gasteiger partial charge in [0.2, 0.25) is 5.78 Å². The summed E-state index contributed by atoms with van der Waals surface area (Å²) in [5.41, 5.74) is -0.0948. The van der Waals surface area contributed by atoms with Crippen molar-refractivity contribution in [3.8, 4) is 0 Å². The van der Waals surface area contributed by atoms with Gasteiger partial charge >= 0.3 is 5.97 Å². The SMILES string of the molecule is CCCNCc1ccc(C(=O)OCC(=O)[C@@]2(O)CC[C@H]3[C@@H]4CCC5=CC(=O)CC[C@]5(C)[C@H]4[C@@H](O)C[C@@]32C)cc1. The number of aliphatic hydroxyl groups excluding tert-OH is 1. The van der Waals surface area contributed by atoms with Gasteiger partial charge in [-0.05, 0) is 98.4 Å². The van der Waals surface area contributed by atoms with E-state index < -0.39 is 35.5 Å². The first kappa shape index (κ1) is 28.2. The standard InChI is InChI=1S/C32H43NO6/c1-4-15-33-18-20-5-7-21(8-6-20)29(37)39-19-27(36)32(38)14-12-25-24-10-9-22-16-23(34)11-13-30(22,2)28(24)26(35)17-31(25,32)3/h5-8,16,24-26,28,33,35,38H,4,9-15,17-19H2,1-3H3/t24-,25-,26-,28+,30-,31-,32-/m0/s1. The van der Waals surface area contributed by atoms with E-state index in [1.807, 2.05) is 19.1 Å². The highest BCUT2D eigenvalue weighted by Crippen LogP contribution is 2.67. The number of ketones is 2. The Labute approximate surface area is 231 Å². The summed E-state index contributed by atoms with van der Waals surface area (Å²) >= 11 is 0. The van der Waals surface area contributed by atoms with E-state index in [0.717, 1.165) is 49.9 Å². The molecule has 3 N–H and O–H groups in total. The van der Waals surface area contributed by atoms with Crippen LogP contribution in [0.4, 0.5) is 0 Å². The molecular formula is C32H43NO6. The first-order valence-corrected chi connectivity index (χ1v) is 14.7. The van der Waals surface area contributed by atoms with Crippen molar-refractivity contribution >= 4 is 17.5 Å². The van der Waals surface area contributed by atoms with E-state index >= 15 is 0 Å². The van der Waals surface area contributed by atoms with Crippen molar-refractivity contribution in [2.45, 2.75) is 90.4 Å². The molecule has 0 aromatic heterocycles. The smallest absolute Gasteiger partial charge is 0.338 e. The highest BCUT2D eigenvalue weighted by atomic mass is 16.5. The third-order valence-electron chi connectivity index (χ3n) is 10.8. The van der Waals surface area contributed by atoms with Crippen molar-refractivity contribution < 1.29 is 29.3 Å². The predicted octanol–water partition coefficient (Wildman–Crippen LogP) is 4.15. The molecule has 0 heterocycles. The molecule has 4 aliphatic rings. The van der Waals surface area contributed by atoms with E-state index in [9.17, 15) is 24.6 Å². The Kier molecular flexibility index (Phi) is 7.64. The molecule has 1 aromatic rings. The zero-order valence-corrected chi connectivity index (χ0v) is 23.5.